The summed E-state index contributed by atoms with van der Waals surface area (Å²) in [6, 6.07) is 20.5. The van der Waals surface area contributed by atoms with Crippen molar-refractivity contribution in [3.8, 4) is 11.5 Å². The van der Waals surface area contributed by atoms with Crippen LogP contribution in [0.4, 0.5) is 0 Å². The number of carbonyl (C=O) groups is 1. The fourth-order valence-electron chi connectivity index (χ4n) is 2.98. The van der Waals surface area contributed by atoms with E-state index in [1.807, 2.05) is 48.5 Å². The van der Waals surface area contributed by atoms with Gasteiger partial charge in [-0.1, -0.05) is 56.6 Å². The highest BCUT2D eigenvalue weighted by molar-refractivity contribution is 6.30. The van der Waals surface area contributed by atoms with Gasteiger partial charge in [0, 0.05) is 10.6 Å². The zero-order valence-electron chi connectivity index (χ0n) is 18.7. The molecule has 0 heterocycles. The molecule has 0 unspecified atom stereocenters. The van der Waals surface area contributed by atoms with Gasteiger partial charge < -0.3 is 9.47 Å². The van der Waals surface area contributed by atoms with Crippen LogP contribution in [0.3, 0.4) is 0 Å². The molecule has 0 radical (unpaired) electrons. The fourth-order valence-corrected chi connectivity index (χ4v) is 3.10. The number of benzene rings is 3. The van der Waals surface area contributed by atoms with Gasteiger partial charge in [0.2, 0.25) is 0 Å². The molecule has 3 rings (SSSR count). The highest BCUT2D eigenvalue weighted by Crippen LogP contribution is 2.28. The average molecular weight is 451 g/mol. The molecule has 0 saturated heterocycles. The maximum absolute atomic E-state index is 12.3. The summed E-state index contributed by atoms with van der Waals surface area (Å²) in [4.78, 5) is 12.3. The Labute approximate surface area is 194 Å². The first-order valence-corrected chi connectivity index (χ1v) is 10.6. The summed E-state index contributed by atoms with van der Waals surface area (Å²) in [5.74, 6) is 0.922. The second-order valence-corrected chi connectivity index (χ2v) is 8.79. The lowest BCUT2D eigenvalue weighted by molar-refractivity contribution is 0.0955. The van der Waals surface area contributed by atoms with Gasteiger partial charge in [-0.05, 0) is 64.6 Å². The summed E-state index contributed by atoms with van der Waals surface area (Å²) in [6.45, 7) is 6.79. The summed E-state index contributed by atoms with van der Waals surface area (Å²) in [5.41, 5.74) is 6.09. The van der Waals surface area contributed by atoms with Crippen LogP contribution in [-0.2, 0) is 12.0 Å². The predicted octanol–water partition coefficient (Wildman–Crippen LogP) is 5.99. The highest BCUT2D eigenvalue weighted by Gasteiger charge is 2.14. The maximum atomic E-state index is 12.3. The monoisotopic (exact) mass is 450 g/mol. The van der Waals surface area contributed by atoms with E-state index in [1.54, 1.807) is 31.5 Å². The third kappa shape index (κ3) is 6.34. The second kappa shape index (κ2) is 10.3. The van der Waals surface area contributed by atoms with Gasteiger partial charge in [-0.3, -0.25) is 4.79 Å². The summed E-state index contributed by atoms with van der Waals surface area (Å²) in [6.07, 6.45) is 1.56. The number of hydrogen-bond acceptors (Lipinski definition) is 4. The van der Waals surface area contributed by atoms with Crippen molar-refractivity contribution in [3.63, 3.8) is 0 Å². The predicted molar refractivity (Wildman–Crippen MR) is 129 cm³/mol. The Balaban J connectivity index is 1.60. The van der Waals surface area contributed by atoms with Gasteiger partial charge in [-0.25, -0.2) is 5.43 Å². The van der Waals surface area contributed by atoms with Crippen molar-refractivity contribution in [2.24, 2.45) is 5.10 Å². The molecule has 3 aromatic carbocycles. The number of ether oxygens (including phenoxy) is 2. The Hall–Kier alpha value is -3.31. The zero-order chi connectivity index (χ0) is 23.1. The standard InChI is InChI=1S/C26H27ClN2O3/c1-26(2,3)21-10-8-20(9-11-21)25(30)29-28-16-19-7-14-23(24(15-19)31-4)32-17-18-5-12-22(27)13-6-18/h5-16H,17H2,1-4H3,(H,29,30)/b28-16+. The Morgan fingerprint density at radius 1 is 1.00 bits per heavy atom. The lowest BCUT2D eigenvalue weighted by Gasteiger charge is -2.18. The molecule has 0 atom stereocenters. The molecule has 0 saturated carbocycles. The molecular formula is C26H27ClN2O3. The van der Waals surface area contributed by atoms with E-state index in [0.29, 0.717) is 28.7 Å². The van der Waals surface area contributed by atoms with Crippen LogP contribution in [0.25, 0.3) is 0 Å². The minimum Gasteiger partial charge on any atom is -0.493 e. The van der Waals surface area contributed by atoms with E-state index in [-0.39, 0.29) is 11.3 Å². The van der Waals surface area contributed by atoms with Crippen molar-refractivity contribution < 1.29 is 14.3 Å². The molecule has 0 aliphatic rings. The molecule has 0 bridgehead atoms. The molecule has 6 heteroatoms. The largest absolute Gasteiger partial charge is 0.493 e. The average Bonchev–Trinajstić information content (AvgIpc) is 2.78. The number of amides is 1. The van der Waals surface area contributed by atoms with Crippen molar-refractivity contribution in [1.29, 1.82) is 0 Å². The first-order chi connectivity index (χ1) is 15.3. The van der Waals surface area contributed by atoms with Crippen LogP contribution < -0.4 is 14.9 Å². The quantitative estimate of drug-likeness (QED) is 0.355. The first-order valence-electron chi connectivity index (χ1n) is 10.3. The SMILES string of the molecule is COc1cc(/C=N/NC(=O)c2ccc(C(C)(C)C)cc2)ccc1OCc1ccc(Cl)cc1. The Morgan fingerprint density at radius 3 is 2.31 bits per heavy atom. The summed E-state index contributed by atoms with van der Waals surface area (Å²) >= 11 is 5.91. The van der Waals surface area contributed by atoms with Crippen molar-refractivity contribution in [3.05, 3.63) is 94.0 Å². The Kier molecular flexibility index (Phi) is 7.54. The molecule has 3 aromatic rings. The van der Waals surface area contributed by atoms with Crippen LogP contribution in [-0.4, -0.2) is 19.2 Å². The van der Waals surface area contributed by atoms with E-state index in [1.165, 1.54) is 5.56 Å². The van der Waals surface area contributed by atoms with Gasteiger partial charge >= 0.3 is 0 Å². The number of nitrogens with zero attached hydrogens (tertiary/aromatic N) is 1. The number of methoxy groups -OCH3 is 1. The third-order valence-corrected chi connectivity index (χ3v) is 5.14. The molecule has 32 heavy (non-hydrogen) atoms. The van der Waals surface area contributed by atoms with Gasteiger partial charge in [-0.15, -0.1) is 0 Å². The van der Waals surface area contributed by atoms with E-state index in [2.05, 4.69) is 31.3 Å². The van der Waals surface area contributed by atoms with Crippen molar-refractivity contribution in [2.75, 3.05) is 7.11 Å². The summed E-state index contributed by atoms with van der Waals surface area (Å²) in [7, 11) is 1.58. The number of rotatable bonds is 7. The van der Waals surface area contributed by atoms with E-state index in [9.17, 15) is 4.79 Å². The molecule has 0 aliphatic carbocycles. The number of hydrogen-bond donors (Lipinski definition) is 1. The van der Waals surface area contributed by atoms with Gasteiger partial charge in [-0.2, -0.15) is 5.10 Å². The fraction of sp³-hybridized carbons (Fsp3) is 0.231. The first kappa shape index (κ1) is 23.4. The van der Waals surface area contributed by atoms with Gasteiger partial charge in [0.15, 0.2) is 11.5 Å². The number of halogens is 1. The highest BCUT2D eigenvalue weighted by atomic mass is 35.5. The summed E-state index contributed by atoms with van der Waals surface area (Å²) < 4.78 is 11.3. The van der Waals surface area contributed by atoms with Crippen molar-refractivity contribution in [2.45, 2.75) is 32.8 Å². The number of hydrazone groups is 1. The van der Waals surface area contributed by atoms with E-state index < -0.39 is 0 Å². The van der Waals surface area contributed by atoms with Gasteiger partial charge in [0.1, 0.15) is 6.61 Å². The number of carbonyl (C=O) groups excluding carboxylic acids is 1. The minimum absolute atomic E-state index is 0.0386. The van der Waals surface area contributed by atoms with Crippen LogP contribution in [0.2, 0.25) is 5.02 Å². The van der Waals surface area contributed by atoms with Crippen molar-refractivity contribution in [1.82, 2.24) is 5.43 Å². The lowest BCUT2D eigenvalue weighted by atomic mass is 9.87. The molecule has 1 amide bonds. The number of nitrogens with one attached hydrogen (secondary N) is 1. The molecule has 166 valence electrons. The van der Waals surface area contributed by atoms with Crippen LogP contribution in [0, 0.1) is 0 Å². The third-order valence-electron chi connectivity index (χ3n) is 4.89. The van der Waals surface area contributed by atoms with Gasteiger partial charge in [0.25, 0.3) is 5.91 Å². The van der Waals surface area contributed by atoms with Gasteiger partial charge in [0.05, 0.1) is 13.3 Å². The van der Waals surface area contributed by atoms with Crippen LogP contribution in [0.15, 0.2) is 71.8 Å². The molecule has 1 N–H and O–H groups in total. The lowest BCUT2D eigenvalue weighted by Crippen LogP contribution is -2.18. The van der Waals surface area contributed by atoms with E-state index in [0.717, 1.165) is 11.1 Å². The topological polar surface area (TPSA) is 59.9 Å². The van der Waals surface area contributed by atoms with Crippen molar-refractivity contribution >= 4 is 23.7 Å². The summed E-state index contributed by atoms with van der Waals surface area (Å²) in [5, 5.41) is 4.75. The molecule has 0 aliphatic heterocycles. The molecule has 0 spiro atoms. The maximum Gasteiger partial charge on any atom is 0.271 e. The molecule has 5 nitrogen and oxygen atoms in total. The molecule has 0 aromatic heterocycles. The second-order valence-electron chi connectivity index (χ2n) is 8.35. The Bertz CT molecular complexity index is 1090. The van der Waals surface area contributed by atoms with Crippen LogP contribution in [0.5, 0.6) is 11.5 Å². The van der Waals surface area contributed by atoms with E-state index >= 15 is 0 Å². The van der Waals surface area contributed by atoms with E-state index in [4.69, 9.17) is 21.1 Å². The molecule has 0 fully saturated rings. The molecular weight excluding hydrogens is 424 g/mol. The van der Waals surface area contributed by atoms with Crippen LogP contribution >= 0.6 is 11.6 Å². The zero-order valence-corrected chi connectivity index (χ0v) is 19.4. The van der Waals surface area contributed by atoms with Crippen LogP contribution in [0.1, 0.15) is 47.8 Å². The smallest absolute Gasteiger partial charge is 0.271 e. The minimum atomic E-state index is -0.267. The normalized spacial score (nSPS) is 11.4. The Morgan fingerprint density at radius 2 is 1.69 bits per heavy atom.